The van der Waals surface area contributed by atoms with Crippen LogP contribution in [-0.4, -0.2) is 11.1 Å². The highest BCUT2D eigenvalue weighted by atomic mass is 79.9. The highest BCUT2D eigenvalue weighted by Crippen LogP contribution is 2.24. The van der Waals surface area contributed by atoms with Gasteiger partial charge in [0, 0.05) is 10.4 Å². The van der Waals surface area contributed by atoms with Gasteiger partial charge >= 0.3 is 5.97 Å². The fourth-order valence-corrected chi connectivity index (χ4v) is 1.78. The van der Waals surface area contributed by atoms with E-state index in [1.165, 1.54) is 0 Å². The largest absolute Gasteiger partial charge is 0.478 e. The molecule has 0 aliphatic heterocycles. The van der Waals surface area contributed by atoms with E-state index >= 15 is 0 Å². The number of carbonyl (C=O) groups is 1. The van der Waals surface area contributed by atoms with Crippen LogP contribution < -0.4 is 0 Å². The number of benzene rings is 1. The second-order valence-corrected chi connectivity index (χ2v) is 3.61. The van der Waals surface area contributed by atoms with E-state index in [-0.39, 0.29) is 0 Å². The molecular formula is C9H8BrClO2. The molecule has 0 aromatic heterocycles. The van der Waals surface area contributed by atoms with Gasteiger partial charge in [0.2, 0.25) is 0 Å². The lowest BCUT2D eigenvalue weighted by Crippen LogP contribution is -2.04. The molecule has 0 bridgehead atoms. The summed E-state index contributed by atoms with van der Waals surface area (Å²) < 4.78 is 0. The molecule has 2 nitrogen and oxygen atoms in total. The van der Waals surface area contributed by atoms with Gasteiger partial charge in [0.1, 0.15) is 0 Å². The molecule has 0 atom stereocenters. The Hall–Kier alpha value is -0.540. The topological polar surface area (TPSA) is 37.3 Å². The molecule has 0 spiro atoms. The van der Waals surface area contributed by atoms with Gasteiger partial charge in [-0.3, -0.25) is 0 Å². The average Bonchev–Trinajstić information content (AvgIpc) is 2.08. The van der Waals surface area contributed by atoms with Crippen LogP contribution in [0.4, 0.5) is 0 Å². The van der Waals surface area contributed by atoms with Gasteiger partial charge in [-0.15, -0.1) is 0 Å². The Bertz CT molecular complexity index is 350. The van der Waals surface area contributed by atoms with E-state index in [1.807, 2.05) is 0 Å². The van der Waals surface area contributed by atoms with E-state index in [1.54, 1.807) is 19.1 Å². The summed E-state index contributed by atoms with van der Waals surface area (Å²) in [5, 5.41) is 9.93. The first kappa shape index (κ1) is 10.5. The average molecular weight is 264 g/mol. The first-order valence-corrected chi connectivity index (χ1v) is 5.15. The summed E-state index contributed by atoms with van der Waals surface area (Å²) in [4.78, 5) is 10.9. The van der Waals surface area contributed by atoms with Crippen LogP contribution in [0.15, 0.2) is 12.1 Å². The first-order chi connectivity index (χ1) is 6.07. The zero-order valence-corrected chi connectivity index (χ0v) is 9.32. The lowest BCUT2D eigenvalue weighted by atomic mass is 10.0. The first-order valence-electron chi connectivity index (χ1n) is 3.65. The van der Waals surface area contributed by atoms with Crippen LogP contribution in [0.5, 0.6) is 0 Å². The Morgan fingerprint density at radius 1 is 1.62 bits per heavy atom. The summed E-state index contributed by atoms with van der Waals surface area (Å²) in [6, 6.07) is 3.42. The molecule has 0 saturated carbocycles. The van der Waals surface area contributed by atoms with Gasteiger partial charge in [0.05, 0.1) is 5.56 Å². The van der Waals surface area contributed by atoms with Crippen molar-refractivity contribution in [2.24, 2.45) is 0 Å². The van der Waals surface area contributed by atoms with E-state index in [0.717, 1.165) is 5.56 Å². The van der Waals surface area contributed by atoms with Crippen molar-refractivity contribution in [3.8, 4) is 0 Å². The summed E-state index contributed by atoms with van der Waals surface area (Å²) in [5.41, 5.74) is 1.66. The zero-order chi connectivity index (χ0) is 10.0. The van der Waals surface area contributed by atoms with Crippen molar-refractivity contribution < 1.29 is 9.90 Å². The maximum Gasteiger partial charge on any atom is 0.336 e. The molecule has 0 heterocycles. The van der Waals surface area contributed by atoms with Crippen LogP contribution in [0.2, 0.25) is 5.02 Å². The van der Waals surface area contributed by atoms with Crippen molar-refractivity contribution in [1.29, 1.82) is 0 Å². The fraction of sp³-hybridized carbons (Fsp3) is 0.222. The van der Waals surface area contributed by atoms with Crippen molar-refractivity contribution in [3.63, 3.8) is 0 Å². The predicted molar refractivity (Wildman–Crippen MR) is 55.8 cm³/mol. The van der Waals surface area contributed by atoms with Crippen LogP contribution >= 0.6 is 27.5 Å². The minimum atomic E-state index is -0.936. The van der Waals surface area contributed by atoms with E-state index in [0.29, 0.717) is 21.5 Å². The van der Waals surface area contributed by atoms with Gasteiger partial charge in [-0.1, -0.05) is 33.6 Å². The number of rotatable bonds is 2. The second kappa shape index (κ2) is 4.11. The summed E-state index contributed by atoms with van der Waals surface area (Å²) >= 11 is 9.04. The number of aromatic carboxylic acids is 1. The van der Waals surface area contributed by atoms with Crippen molar-refractivity contribution in [1.82, 2.24) is 0 Å². The van der Waals surface area contributed by atoms with E-state index in [2.05, 4.69) is 15.9 Å². The highest BCUT2D eigenvalue weighted by molar-refractivity contribution is 9.08. The summed E-state index contributed by atoms with van der Waals surface area (Å²) in [6.07, 6.45) is 0. The smallest absolute Gasteiger partial charge is 0.336 e. The molecule has 0 saturated heterocycles. The van der Waals surface area contributed by atoms with Gasteiger partial charge in [-0.2, -0.15) is 0 Å². The molecule has 0 unspecified atom stereocenters. The van der Waals surface area contributed by atoms with Crippen molar-refractivity contribution in [2.75, 3.05) is 0 Å². The number of carboxylic acids is 1. The monoisotopic (exact) mass is 262 g/mol. The number of carboxylic acid groups (broad SMARTS) is 1. The maximum atomic E-state index is 10.9. The highest BCUT2D eigenvalue weighted by Gasteiger charge is 2.14. The third kappa shape index (κ3) is 2.03. The molecule has 0 aliphatic carbocycles. The molecule has 13 heavy (non-hydrogen) atoms. The van der Waals surface area contributed by atoms with Crippen molar-refractivity contribution in [2.45, 2.75) is 12.3 Å². The Morgan fingerprint density at radius 2 is 2.23 bits per heavy atom. The lowest BCUT2D eigenvalue weighted by Gasteiger charge is -2.07. The van der Waals surface area contributed by atoms with Crippen LogP contribution in [0, 0.1) is 6.92 Å². The molecule has 0 radical (unpaired) electrons. The summed E-state index contributed by atoms with van der Waals surface area (Å²) in [5.74, 6) is -0.936. The van der Waals surface area contributed by atoms with Gasteiger partial charge in [0.15, 0.2) is 0 Å². The minimum Gasteiger partial charge on any atom is -0.478 e. The van der Waals surface area contributed by atoms with Gasteiger partial charge in [-0.25, -0.2) is 4.79 Å². The van der Waals surface area contributed by atoms with Crippen LogP contribution in [0.25, 0.3) is 0 Å². The molecule has 4 heteroatoms. The maximum absolute atomic E-state index is 10.9. The van der Waals surface area contributed by atoms with Gasteiger partial charge < -0.3 is 5.11 Å². The number of halogens is 2. The Balaban J connectivity index is 3.41. The van der Waals surface area contributed by atoms with E-state index in [4.69, 9.17) is 16.7 Å². The Kier molecular flexibility index (Phi) is 3.33. The second-order valence-electron chi connectivity index (χ2n) is 2.65. The summed E-state index contributed by atoms with van der Waals surface area (Å²) in [6.45, 7) is 1.71. The van der Waals surface area contributed by atoms with Gasteiger partial charge in [0.25, 0.3) is 0 Å². The quantitative estimate of drug-likeness (QED) is 0.832. The van der Waals surface area contributed by atoms with Crippen LogP contribution in [-0.2, 0) is 5.33 Å². The number of alkyl halides is 1. The zero-order valence-electron chi connectivity index (χ0n) is 6.97. The lowest BCUT2D eigenvalue weighted by molar-refractivity contribution is 0.0695. The van der Waals surface area contributed by atoms with Crippen LogP contribution in [0.1, 0.15) is 21.5 Å². The van der Waals surface area contributed by atoms with E-state index < -0.39 is 5.97 Å². The SMILES string of the molecule is Cc1c(Cl)ccc(CBr)c1C(=O)O. The predicted octanol–water partition coefficient (Wildman–Crippen LogP) is 3.24. The van der Waals surface area contributed by atoms with Crippen molar-refractivity contribution in [3.05, 3.63) is 33.8 Å². The normalized spacial score (nSPS) is 10.1. The molecule has 0 aliphatic rings. The van der Waals surface area contributed by atoms with Gasteiger partial charge in [-0.05, 0) is 24.1 Å². The number of hydrogen-bond donors (Lipinski definition) is 1. The molecular weight excluding hydrogens is 255 g/mol. The third-order valence-corrected chi connectivity index (χ3v) is 2.86. The van der Waals surface area contributed by atoms with E-state index in [9.17, 15) is 4.79 Å². The van der Waals surface area contributed by atoms with Crippen LogP contribution in [0.3, 0.4) is 0 Å². The molecule has 1 aromatic rings. The molecule has 1 N–H and O–H groups in total. The molecule has 1 aromatic carbocycles. The molecule has 70 valence electrons. The Labute approximate surface area is 89.7 Å². The number of hydrogen-bond acceptors (Lipinski definition) is 1. The molecule has 0 fully saturated rings. The summed E-state index contributed by atoms with van der Waals surface area (Å²) in [7, 11) is 0. The van der Waals surface area contributed by atoms with Crippen molar-refractivity contribution >= 4 is 33.5 Å². The minimum absolute atomic E-state index is 0.296. The third-order valence-electron chi connectivity index (χ3n) is 1.84. The Morgan fingerprint density at radius 3 is 2.69 bits per heavy atom. The standard InChI is InChI=1S/C9H8BrClO2/c1-5-7(11)3-2-6(4-10)8(5)9(12)13/h2-3H,4H2,1H3,(H,12,13). The molecule has 1 rings (SSSR count). The fourth-order valence-electron chi connectivity index (χ4n) is 1.15. The molecule has 0 amide bonds.